The number of anilines is 1. The second-order valence-corrected chi connectivity index (χ2v) is 6.57. The Labute approximate surface area is 169 Å². The number of hydrogen-bond acceptors (Lipinski definition) is 5. The molecule has 0 unspecified atom stereocenters. The number of carbonyl (C=O) groups excluding carboxylic acids is 3. The van der Waals surface area contributed by atoms with Crippen LogP contribution in [-0.2, 0) is 14.3 Å². The highest BCUT2D eigenvalue weighted by Gasteiger charge is 2.12. The van der Waals surface area contributed by atoms with Crippen molar-refractivity contribution in [2.45, 2.75) is 0 Å². The van der Waals surface area contributed by atoms with Gasteiger partial charge in [0.1, 0.15) is 12.3 Å². The van der Waals surface area contributed by atoms with E-state index in [-0.39, 0.29) is 6.54 Å². The molecule has 2 N–H and O–H groups in total. The van der Waals surface area contributed by atoms with Gasteiger partial charge in [-0.2, -0.15) is 0 Å². The van der Waals surface area contributed by atoms with E-state index in [0.29, 0.717) is 22.0 Å². The Kier molecular flexibility index (Phi) is 7.63. The zero-order chi connectivity index (χ0) is 19.8. The average Bonchev–Trinajstić information content (AvgIpc) is 2.64. The van der Waals surface area contributed by atoms with Crippen LogP contribution in [0.15, 0.2) is 46.9 Å². The number of amides is 2. The molecule has 7 nitrogen and oxygen atoms in total. The number of esters is 1. The van der Waals surface area contributed by atoms with Gasteiger partial charge in [0.05, 0.1) is 12.1 Å². The monoisotopic (exact) mass is 454 g/mol. The van der Waals surface area contributed by atoms with Crippen molar-refractivity contribution >= 4 is 51.0 Å². The zero-order valence-electron chi connectivity index (χ0n) is 14.3. The van der Waals surface area contributed by atoms with Gasteiger partial charge in [-0.05, 0) is 36.4 Å². The summed E-state index contributed by atoms with van der Waals surface area (Å²) in [7, 11) is 1.48. The third-order valence-electron chi connectivity index (χ3n) is 3.28. The highest BCUT2D eigenvalue weighted by molar-refractivity contribution is 9.10. The quantitative estimate of drug-likeness (QED) is 0.626. The van der Waals surface area contributed by atoms with Crippen molar-refractivity contribution in [3.05, 3.63) is 57.5 Å². The Morgan fingerprint density at radius 3 is 2.59 bits per heavy atom. The Balaban J connectivity index is 1.75. The summed E-state index contributed by atoms with van der Waals surface area (Å²) in [4.78, 5) is 35.4. The first-order valence-electron chi connectivity index (χ1n) is 7.72. The van der Waals surface area contributed by atoms with Gasteiger partial charge in [-0.1, -0.05) is 33.6 Å². The van der Waals surface area contributed by atoms with Crippen LogP contribution >= 0.6 is 27.5 Å². The molecule has 0 aromatic heterocycles. The molecule has 142 valence electrons. The number of benzene rings is 2. The van der Waals surface area contributed by atoms with Crippen LogP contribution in [0.25, 0.3) is 0 Å². The number of rotatable bonds is 7. The topological polar surface area (TPSA) is 93.7 Å². The number of hydrogen-bond donors (Lipinski definition) is 2. The van der Waals surface area contributed by atoms with Crippen LogP contribution < -0.4 is 15.4 Å². The molecule has 0 radical (unpaired) electrons. The van der Waals surface area contributed by atoms with Gasteiger partial charge in [-0.15, -0.1) is 0 Å². The van der Waals surface area contributed by atoms with Crippen LogP contribution in [-0.4, -0.2) is 38.0 Å². The first kappa shape index (κ1) is 20.7. The molecule has 0 aliphatic heterocycles. The maximum absolute atomic E-state index is 11.9. The van der Waals surface area contributed by atoms with E-state index in [1.54, 1.807) is 36.4 Å². The Morgan fingerprint density at radius 2 is 1.93 bits per heavy atom. The van der Waals surface area contributed by atoms with Crippen LogP contribution in [0.4, 0.5) is 5.69 Å². The van der Waals surface area contributed by atoms with Crippen LogP contribution in [0.3, 0.4) is 0 Å². The van der Waals surface area contributed by atoms with Gasteiger partial charge in [-0.3, -0.25) is 14.4 Å². The third-order valence-corrected chi connectivity index (χ3v) is 4.07. The second kappa shape index (κ2) is 9.94. The highest BCUT2D eigenvalue weighted by atomic mass is 79.9. The molecule has 9 heteroatoms. The normalized spacial score (nSPS) is 10.0. The predicted molar refractivity (Wildman–Crippen MR) is 104 cm³/mol. The summed E-state index contributed by atoms with van der Waals surface area (Å²) in [6.07, 6.45) is 0. The first-order valence-corrected chi connectivity index (χ1v) is 8.89. The summed E-state index contributed by atoms with van der Waals surface area (Å²) in [5, 5.41) is 5.30. The third kappa shape index (κ3) is 6.58. The molecule has 0 heterocycles. The maximum Gasteiger partial charge on any atom is 0.325 e. The lowest BCUT2D eigenvalue weighted by atomic mass is 10.2. The molecular formula is C18H16BrClN2O5. The summed E-state index contributed by atoms with van der Waals surface area (Å²) in [5.41, 5.74) is 0.830. The van der Waals surface area contributed by atoms with E-state index < -0.39 is 24.4 Å². The minimum absolute atomic E-state index is 0.336. The van der Waals surface area contributed by atoms with Gasteiger partial charge < -0.3 is 20.1 Å². The van der Waals surface area contributed by atoms with Gasteiger partial charge in [0, 0.05) is 15.7 Å². The van der Waals surface area contributed by atoms with E-state index in [4.69, 9.17) is 21.1 Å². The molecule has 0 aliphatic carbocycles. The van der Waals surface area contributed by atoms with Crippen LogP contribution in [0.5, 0.6) is 5.75 Å². The van der Waals surface area contributed by atoms with Crippen molar-refractivity contribution in [1.82, 2.24) is 5.32 Å². The number of ether oxygens (including phenoxy) is 2. The van der Waals surface area contributed by atoms with E-state index >= 15 is 0 Å². The minimum atomic E-state index is -0.735. The summed E-state index contributed by atoms with van der Waals surface area (Å²) < 4.78 is 10.6. The maximum atomic E-state index is 11.9. The van der Waals surface area contributed by atoms with E-state index in [9.17, 15) is 14.4 Å². The fourth-order valence-electron chi connectivity index (χ4n) is 2.02. The fraction of sp³-hybridized carbons (Fsp3) is 0.167. The smallest absolute Gasteiger partial charge is 0.325 e. The Bertz CT molecular complexity index is 859. The number of halogens is 2. The SMILES string of the molecule is COc1ccc(NC(=O)COC(=O)CNC(=O)c2cccc(Br)c2)cc1Cl. The largest absolute Gasteiger partial charge is 0.495 e. The first-order chi connectivity index (χ1) is 12.9. The lowest BCUT2D eigenvalue weighted by Gasteiger charge is -2.09. The van der Waals surface area contributed by atoms with Gasteiger partial charge in [0.15, 0.2) is 6.61 Å². The standard InChI is InChI=1S/C18H16BrClN2O5/c1-26-15-6-5-13(8-14(15)20)22-16(23)10-27-17(24)9-21-18(25)11-3-2-4-12(19)7-11/h2-8H,9-10H2,1H3,(H,21,25)(H,22,23). The lowest BCUT2D eigenvalue weighted by Crippen LogP contribution is -2.32. The summed E-state index contributed by atoms with van der Waals surface area (Å²) in [6, 6.07) is 11.4. The molecule has 27 heavy (non-hydrogen) atoms. The Morgan fingerprint density at radius 1 is 1.15 bits per heavy atom. The molecular weight excluding hydrogens is 440 g/mol. The molecule has 0 aliphatic rings. The lowest BCUT2D eigenvalue weighted by molar-refractivity contribution is -0.146. The summed E-state index contributed by atoms with van der Waals surface area (Å²) >= 11 is 9.23. The average molecular weight is 456 g/mol. The summed E-state index contributed by atoms with van der Waals surface area (Å²) in [5.74, 6) is -1.22. The molecule has 2 amide bonds. The van der Waals surface area contributed by atoms with Gasteiger partial charge in [0.2, 0.25) is 0 Å². The number of carbonyl (C=O) groups is 3. The van der Waals surface area contributed by atoms with Crippen LogP contribution in [0, 0.1) is 0 Å². The van der Waals surface area contributed by atoms with Crippen molar-refractivity contribution in [2.75, 3.05) is 25.6 Å². The van der Waals surface area contributed by atoms with Crippen molar-refractivity contribution in [3.63, 3.8) is 0 Å². The molecule has 2 aromatic carbocycles. The van der Waals surface area contributed by atoms with Crippen LogP contribution in [0.2, 0.25) is 5.02 Å². The molecule has 0 saturated heterocycles. The van der Waals surface area contributed by atoms with Crippen molar-refractivity contribution in [2.24, 2.45) is 0 Å². The van der Waals surface area contributed by atoms with E-state index in [2.05, 4.69) is 26.6 Å². The van der Waals surface area contributed by atoms with Gasteiger partial charge in [-0.25, -0.2) is 0 Å². The molecule has 0 spiro atoms. The van der Waals surface area contributed by atoms with Crippen molar-refractivity contribution < 1.29 is 23.9 Å². The summed E-state index contributed by atoms with van der Waals surface area (Å²) in [6.45, 7) is -0.845. The molecule has 0 bridgehead atoms. The van der Waals surface area contributed by atoms with Gasteiger partial charge >= 0.3 is 5.97 Å². The molecule has 0 atom stereocenters. The van der Waals surface area contributed by atoms with E-state index in [1.807, 2.05) is 0 Å². The van der Waals surface area contributed by atoms with Gasteiger partial charge in [0.25, 0.3) is 11.8 Å². The Hall–Kier alpha value is -2.58. The molecule has 0 saturated carbocycles. The predicted octanol–water partition coefficient (Wildman–Crippen LogP) is 3.02. The van der Waals surface area contributed by atoms with Crippen molar-refractivity contribution in [1.29, 1.82) is 0 Å². The number of methoxy groups -OCH3 is 1. The molecule has 2 aromatic rings. The van der Waals surface area contributed by atoms with Crippen LogP contribution in [0.1, 0.15) is 10.4 Å². The van der Waals surface area contributed by atoms with E-state index in [1.165, 1.54) is 13.2 Å². The highest BCUT2D eigenvalue weighted by Crippen LogP contribution is 2.27. The zero-order valence-corrected chi connectivity index (χ0v) is 16.6. The number of nitrogens with one attached hydrogen (secondary N) is 2. The molecule has 0 fully saturated rings. The van der Waals surface area contributed by atoms with E-state index in [0.717, 1.165) is 4.47 Å². The minimum Gasteiger partial charge on any atom is -0.495 e. The second-order valence-electron chi connectivity index (χ2n) is 5.25. The molecule has 2 rings (SSSR count). The fourth-order valence-corrected chi connectivity index (χ4v) is 2.68. The van der Waals surface area contributed by atoms with Crippen molar-refractivity contribution in [3.8, 4) is 5.75 Å².